The van der Waals surface area contributed by atoms with Crippen molar-refractivity contribution < 1.29 is 0 Å². The van der Waals surface area contributed by atoms with Crippen LogP contribution in [-0.2, 0) is 13.5 Å². The van der Waals surface area contributed by atoms with E-state index in [1.165, 1.54) is 0 Å². The van der Waals surface area contributed by atoms with Gasteiger partial charge in [-0.2, -0.15) is 5.10 Å². The molecule has 6 heteroatoms. The molecule has 0 fully saturated rings. The molecule has 4 nitrogen and oxygen atoms in total. The van der Waals surface area contributed by atoms with E-state index in [1.54, 1.807) is 22.8 Å². The molecule has 1 atom stereocenters. The minimum absolute atomic E-state index is 0.0994. The van der Waals surface area contributed by atoms with Crippen molar-refractivity contribution in [2.75, 3.05) is 0 Å². The predicted molar refractivity (Wildman–Crippen MR) is 73.9 cm³/mol. The average Bonchev–Trinajstić information content (AvgIpc) is 2.67. The standard InChI is InChI=1S/C12H15ClN4S/c1-8(14)5-9-6-10(13)3-4-11(9)18-12-15-7-16-17(12)2/h3-4,6-8H,5,14H2,1-2H3. The zero-order chi connectivity index (χ0) is 13.1. The molecular formula is C12H15ClN4S. The van der Waals surface area contributed by atoms with Gasteiger partial charge in [0, 0.05) is 23.0 Å². The molecule has 0 aliphatic carbocycles. The van der Waals surface area contributed by atoms with Crippen LogP contribution in [0, 0.1) is 0 Å². The van der Waals surface area contributed by atoms with Crippen molar-refractivity contribution in [1.82, 2.24) is 14.8 Å². The van der Waals surface area contributed by atoms with E-state index in [9.17, 15) is 0 Å². The topological polar surface area (TPSA) is 56.7 Å². The van der Waals surface area contributed by atoms with E-state index < -0.39 is 0 Å². The molecule has 0 aliphatic rings. The third kappa shape index (κ3) is 3.25. The van der Waals surface area contributed by atoms with Crippen molar-refractivity contribution >= 4 is 23.4 Å². The zero-order valence-corrected chi connectivity index (χ0v) is 11.9. The van der Waals surface area contributed by atoms with Crippen molar-refractivity contribution in [1.29, 1.82) is 0 Å². The first-order chi connectivity index (χ1) is 8.56. The summed E-state index contributed by atoms with van der Waals surface area (Å²) in [7, 11) is 1.87. The Morgan fingerprint density at radius 1 is 1.50 bits per heavy atom. The molecule has 0 saturated carbocycles. The number of halogens is 1. The third-order valence-electron chi connectivity index (χ3n) is 2.44. The van der Waals surface area contributed by atoms with Crippen molar-refractivity contribution in [3.05, 3.63) is 35.1 Å². The largest absolute Gasteiger partial charge is 0.328 e. The lowest BCUT2D eigenvalue weighted by Gasteiger charge is -2.11. The van der Waals surface area contributed by atoms with Crippen LogP contribution in [0.25, 0.3) is 0 Å². The first-order valence-electron chi connectivity index (χ1n) is 5.62. The summed E-state index contributed by atoms with van der Waals surface area (Å²) in [4.78, 5) is 5.32. The summed E-state index contributed by atoms with van der Waals surface area (Å²) in [5.41, 5.74) is 7.01. The number of aromatic nitrogens is 3. The van der Waals surface area contributed by atoms with Crippen LogP contribution in [0.3, 0.4) is 0 Å². The van der Waals surface area contributed by atoms with Gasteiger partial charge in [0.25, 0.3) is 0 Å². The Bertz CT molecular complexity index is 539. The summed E-state index contributed by atoms with van der Waals surface area (Å²) in [6.07, 6.45) is 2.34. The number of nitrogens with two attached hydrogens (primary N) is 1. The molecule has 96 valence electrons. The van der Waals surface area contributed by atoms with Crippen LogP contribution in [0.15, 0.2) is 34.6 Å². The third-order valence-corrected chi connectivity index (χ3v) is 3.84. The Kier molecular flexibility index (Phi) is 4.27. The molecule has 1 aromatic carbocycles. The summed E-state index contributed by atoms with van der Waals surface area (Å²) in [6.45, 7) is 1.98. The Morgan fingerprint density at radius 3 is 2.89 bits per heavy atom. The number of benzene rings is 1. The maximum absolute atomic E-state index is 6.03. The van der Waals surface area contributed by atoms with Gasteiger partial charge in [-0.05, 0) is 48.9 Å². The molecule has 1 aromatic heterocycles. The molecular weight excluding hydrogens is 268 g/mol. The van der Waals surface area contributed by atoms with Crippen molar-refractivity contribution in [3.8, 4) is 0 Å². The van der Waals surface area contributed by atoms with Gasteiger partial charge in [0.2, 0.25) is 0 Å². The fraction of sp³-hybridized carbons (Fsp3) is 0.333. The molecule has 2 aromatic rings. The Balaban J connectivity index is 2.29. The second kappa shape index (κ2) is 5.73. The number of nitrogens with zero attached hydrogens (tertiary/aromatic N) is 3. The molecule has 0 saturated heterocycles. The van der Waals surface area contributed by atoms with E-state index in [0.717, 1.165) is 27.1 Å². The highest BCUT2D eigenvalue weighted by Gasteiger charge is 2.10. The van der Waals surface area contributed by atoms with Crippen molar-refractivity contribution in [3.63, 3.8) is 0 Å². The molecule has 0 amide bonds. The zero-order valence-electron chi connectivity index (χ0n) is 10.3. The highest BCUT2D eigenvalue weighted by molar-refractivity contribution is 7.99. The number of aryl methyl sites for hydroxylation is 1. The highest BCUT2D eigenvalue weighted by atomic mass is 35.5. The van der Waals surface area contributed by atoms with Crippen LogP contribution in [0.5, 0.6) is 0 Å². The highest BCUT2D eigenvalue weighted by Crippen LogP contribution is 2.31. The van der Waals surface area contributed by atoms with Crippen LogP contribution in [0.4, 0.5) is 0 Å². The predicted octanol–water partition coefficient (Wildman–Crippen LogP) is 2.51. The molecule has 1 heterocycles. The van der Waals surface area contributed by atoms with Gasteiger partial charge in [-0.15, -0.1) is 0 Å². The minimum Gasteiger partial charge on any atom is -0.328 e. The summed E-state index contributed by atoms with van der Waals surface area (Å²) >= 11 is 7.60. The van der Waals surface area contributed by atoms with Gasteiger partial charge in [-0.25, -0.2) is 9.67 Å². The number of rotatable bonds is 4. The van der Waals surface area contributed by atoms with E-state index in [-0.39, 0.29) is 6.04 Å². The lowest BCUT2D eigenvalue weighted by molar-refractivity contribution is 0.684. The van der Waals surface area contributed by atoms with Crippen molar-refractivity contribution in [2.45, 2.75) is 29.4 Å². The lowest BCUT2D eigenvalue weighted by atomic mass is 10.1. The summed E-state index contributed by atoms with van der Waals surface area (Å²) in [6, 6.07) is 5.94. The van der Waals surface area contributed by atoms with Crippen LogP contribution < -0.4 is 5.73 Å². The molecule has 0 bridgehead atoms. The van der Waals surface area contributed by atoms with Gasteiger partial charge in [0.15, 0.2) is 5.16 Å². The monoisotopic (exact) mass is 282 g/mol. The Hall–Kier alpha value is -1.04. The maximum atomic E-state index is 6.03. The second-order valence-corrected chi connectivity index (χ2v) is 5.65. The molecule has 0 radical (unpaired) electrons. The maximum Gasteiger partial charge on any atom is 0.190 e. The summed E-state index contributed by atoms with van der Waals surface area (Å²) in [5.74, 6) is 0. The quantitative estimate of drug-likeness (QED) is 0.936. The first kappa shape index (κ1) is 13.4. The van der Waals surface area contributed by atoms with Crippen LogP contribution in [0.2, 0.25) is 5.02 Å². The Labute approximate surface area is 116 Å². The fourth-order valence-electron chi connectivity index (χ4n) is 1.63. The van der Waals surface area contributed by atoms with E-state index in [1.807, 2.05) is 32.2 Å². The normalized spacial score (nSPS) is 12.7. The Morgan fingerprint density at radius 2 is 2.28 bits per heavy atom. The van der Waals surface area contributed by atoms with Crippen molar-refractivity contribution in [2.24, 2.45) is 12.8 Å². The van der Waals surface area contributed by atoms with Gasteiger partial charge in [-0.3, -0.25) is 0 Å². The molecule has 18 heavy (non-hydrogen) atoms. The average molecular weight is 283 g/mol. The second-order valence-electron chi connectivity index (χ2n) is 4.20. The number of hydrogen-bond donors (Lipinski definition) is 1. The molecule has 0 aliphatic heterocycles. The van der Waals surface area contributed by atoms with Crippen LogP contribution >= 0.6 is 23.4 Å². The van der Waals surface area contributed by atoms with Crippen LogP contribution in [0.1, 0.15) is 12.5 Å². The smallest absolute Gasteiger partial charge is 0.190 e. The first-order valence-corrected chi connectivity index (χ1v) is 6.81. The lowest BCUT2D eigenvalue weighted by Crippen LogP contribution is -2.18. The molecule has 2 rings (SSSR count). The van der Waals surface area contributed by atoms with E-state index in [0.29, 0.717) is 0 Å². The van der Waals surface area contributed by atoms with E-state index >= 15 is 0 Å². The van der Waals surface area contributed by atoms with Gasteiger partial charge in [0.05, 0.1) is 0 Å². The van der Waals surface area contributed by atoms with Gasteiger partial charge in [-0.1, -0.05) is 11.6 Å². The fourth-order valence-corrected chi connectivity index (χ4v) is 2.71. The molecule has 2 N–H and O–H groups in total. The van der Waals surface area contributed by atoms with E-state index in [4.69, 9.17) is 17.3 Å². The van der Waals surface area contributed by atoms with Gasteiger partial charge < -0.3 is 5.73 Å². The van der Waals surface area contributed by atoms with Crippen LogP contribution in [-0.4, -0.2) is 20.8 Å². The van der Waals surface area contributed by atoms with E-state index in [2.05, 4.69) is 10.1 Å². The molecule has 0 spiro atoms. The number of hydrogen-bond acceptors (Lipinski definition) is 4. The summed E-state index contributed by atoms with van der Waals surface area (Å²) < 4.78 is 1.74. The SMILES string of the molecule is CC(N)Cc1cc(Cl)ccc1Sc1ncnn1C. The van der Waals surface area contributed by atoms with Gasteiger partial charge >= 0.3 is 0 Å². The van der Waals surface area contributed by atoms with Gasteiger partial charge in [0.1, 0.15) is 6.33 Å². The minimum atomic E-state index is 0.0994. The summed E-state index contributed by atoms with van der Waals surface area (Å²) in [5, 5.41) is 5.63. The molecule has 1 unspecified atom stereocenters.